The lowest BCUT2D eigenvalue weighted by atomic mass is 10.0. The summed E-state index contributed by atoms with van der Waals surface area (Å²) in [5.41, 5.74) is 0.0126. The van der Waals surface area contributed by atoms with E-state index < -0.39 is 26.5 Å². The van der Waals surface area contributed by atoms with Crippen molar-refractivity contribution in [2.45, 2.75) is 25.1 Å². The molecule has 1 aliphatic heterocycles. The van der Waals surface area contributed by atoms with Crippen LogP contribution in [0.3, 0.4) is 0 Å². The van der Waals surface area contributed by atoms with Crippen molar-refractivity contribution in [1.82, 2.24) is 5.01 Å². The van der Waals surface area contributed by atoms with E-state index in [1.165, 1.54) is 26.4 Å². The van der Waals surface area contributed by atoms with Crippen molar-refractivity contribution >= 4 is 34.1 Å². The van der Waals surface area contributed by atoms with Gasteiger partial charge in [0.15, 0.2) is 11.5 Å². The van der Waals surface area contributed by atoms with Crippen LogP contribution in [0.5, 0.6) is 11.5 Å². The first-order chi connectivity index (χ1) is 15.3. The lowest BCUT2D eigenvalue weighted by Crippen LogP contribution is -2.35. The molecule has 0 saturated carbocycles. The molecule has 12 heteroatoms. The molecule has 1 heterocycles. The van der Waals surface area contributed by atoms with Crippen LogP contribution < -0.4 is 9.47 Å². The molecule has 2 aromatic carbocycles. The highest BCUT2D eigenvalue weighted by Crippen LogP contribution is 2.36. The molecule has 32 heavy (non-hydrogen) atoms. The Morgan fingerprint density at radius 2 is 1.81 bits per heavy atom. The Kier molecular flexibility index (Phi) is 6.93. The smallest absolute Gasteiger partial charge is 0.351 e. The van der Waals surface area contributed by atoms with Crippen LogP contribution in [0.1, 0.15) is 24.5 Å². The predicted octanol–water partition coefficient (Wildman–Crippen LogP) is 4.37. The summed E-state index contributed by atoms with van der Waals surface area (Å²) in [7, 11) is 3.03. The van der Waals surface area contributed by atoms with Crippen molar-refractivity contribution < 1.29 is 24.1 Å². The van der Waals surface area contributed by atoms with Crippen LogP contribution in [-0.2, 0) is 6.54 Å². The van der Waals surface area contributed by atoms with Crippen LogP contribution in [0.15, 0.2) is 41.5 Å². The first kappa shape index (κ1) is 23.0. The minimum absolute atomic E-state index is 0.0171. The molecule has 0 radical (unpaired) electrons. The van der Waals surface area contributed by atoms with Crippen LogP contribution in [0.25, 0.3) is 0 Å². The monoisotopic (exact) mass is 460 g/mol. The van der Waals surface area contributed by atoms with E-state index in [1.807, 2.05) is 6.92 Å². The maximum Gasteiger partial charge on any atom is 0.351 e. The van der Waals surface area contributed by atoms with Crippen LogP contribution in [-0.4, -0.2) is 45.3 Å². The van der Waals surface area contributed by atoms with Gasteiger partial charge in [0.05, 0.1) is 47.1 Å². The topological polar surface area (TPSA) is 137 Å². The molecule has 168 valence electrons. The van der Waals surface area contributed by atoms with E-state index in [0.29, 0.717) is 29.2 Å². The van der Waals surface area contributed by atoms with E-state index in [-0.39, 0.29) is 17.4 Å². The molecule has 0 fully saturated rings. The number of nitro benzene ring substituents is 2. The van der Waals surface area contributed by atoms with E-state index in [1.54, 1.807) is 18.2 Å². The van der Waals surface area contributed by atoms with Gasteiger partial charge in [0.2, 0.25) is 0 Å². The first-order valence-electron chi connectivity index (χ1n) is 9.50. The van der Waals surface area contributed by atoms with Gasteiger partial charge in [0.1, 0.15) is 0 Å². The standard InChI is InChI=1S/C20H20N4O7S/c1-4-17-18(12-8-9-15(30-2)16(10-12)31-3)21-22(20(25)32-17)11-13-6-5-7-14(23(26)27)19(13)24(28)29/h5-10,17H,4,11H2,1-3H3. The molecule has 0 aliphatic carbocycles. The van der Waals surface area contributed by atoms with Gasteiger partial charge in [-0.1, -0.05) is 24.8 Å². The van der Waals surface area contributed by atoms with Gasteiger partial charge >= 0.3 is 16.6 Å². The number of para-hydroxylation sites is 1. The SMILES string of the molecule is CCC1SC(=O)N(Cc2cccc([N+](=O)[O-])c2[N+](=O)[O-])N=C1c1ccc(OC)c(OC)c1. The molecule has 0 N–H and O–H groups in total. The number of hydrogen-bond donors (Lipinski definition) is 0. The molecule has 0 spiro atoms. The normalized spacial score (nSPS) is 15.8. The summed E-state index contributed by atoms with van der Waals surface area (Å²) in [4.78, 5) is 33.8. The number of carbonyl (C=O) groups excluding carboxylic acids is 1. The van der Waals surface area contributed by atoms with Gasteiger partial charge in [-0.15, -0.1) is 0 Å². The van der Waals surface area contributed by atoms with E-state index >= 15 is 0 Å². The van der Waals surface area contributed by atoms with E-state index in [9.17, 15) is 25.0 Å². The Labute approximate surface area is 187 Å². The summed E-state index contributed by atoms with van der Waals surface area (Å²) in [6, 6.07) is 9.02. The number of nitro groups is 2. The molecule has 0 saturated heterocycles. The molecule has 1 amide bonds. The summed E-state index contributed by atoms with van der Waals surface area (Å²) < 4.78 is 10.6. The third-order valence-electron chi connectivity index (χ3n) is 4.84. The number of methoxy groups -OCH3 is 2. The van der Waals surface area contributed by atoms with Gasteiger partial charge in [-0.05, 0) is 30.7 Å². The maximum atomic E-state index is 12.7. The number of nitrogens with zero attached hydrogens (tertiary/aromatic N) is 4. The highest BCUT2D eigenvalue weighted by Gasteiger charge is 2.34. The second-order valence-electron chi connectivity index (χ2n) is 6.69. The predicted molar refractivity (Wildman–Crippen MR) is 118 cm³/mol. The quantitative estimate of drug-likeness (QED) is 0.418. The zero-order valence-corrected chi connectivity index (χ0v) is 18.3. The van der Waals surface area contributed by atoms with Gasteiger partial charge in [0.25, 0.3) is 0 Å². The van der Waals surface area contributed by atoms with Crippen molar-refractivity contribution in [1.29, 1.82) is 0 Å². The Morgan fingerprint density at radius 3 is 2.41 bits per heavy atom. The van der Waals surface area contributed by atoms with Crippen molar-refractivity contribution in [3.63, 3.8) is 0 Å². The Hall–Kier alpha value is -3.67. The lowest BCUT2D eigenvalue weighted by Gasteiger charge is -2.28. The number of ether oxygens (including phenoxy) is 2. The fourth-order valence-electron chi connectivity index (χ4n) is 3.31. The van der Waals surface area contributed by atoms with Crippen molar-refractivity contribution in [2.24, 2.45) is 5.10 Å². The molecular weight excluding hydrogens is 440 g/mol. The van der Waals surface area contributed by atoms with Gasteiger partial charge in [-0.3, -0.25) is 25.0 Å². The van der Waals surface area contributed by atoms with Crippen LogP contribution in [0, 0.1) is 20.2 Å². The van der Waals surface area contributed by atoms with Crippen LogP contribution in [0.4, 0.5) is 16.2 Å². The summed E-state index contributed by atoms with van der Waals surface area (Å²) >= 11 is 1.05. The van der Waals surface area contributed by atoms with Crippen LogP contribution in [0.2, 0.25) is 0 Å². The summed E-state index contributed by atoms with van der Waals surface area (Å²) in [6.07, 6.45) is 0.619. The average Bonchev–Trinajstić information content (AvgIpc) is 2.79. The number of amides is 1. The molecule has 0 bridgehead atoms. The summed E-state index contributed by atoms with van der Waals surface area (Å²) in [5.74, 6) is 1.03. The van der Waals surface area contributed by atoms with E-state index in [0.717, 1.165) is 22.8 Å². The van der Waals surface area contributed by atoms with Gasteiger partial charge in [0, 0.05) is 11.6 Å². The van der Waals surface area contributed by atoms with E-state index in [4.69, 9.17) is 9.47 Å². The number of carbonyl (C=O) groups is 1. The minimum atomic E-state index is -0.820. The second-order valence-corrected chi connectivity index (χ2v) is 7.85. The molecule has 1 unspecified atom stereocenters. The fourth-order valence-corrected chi connectivity index (χ4v) is 4.25. The summed E-state index contributed by atoms with van der Waals surface area (Å²) in [6.45, 7) is 1.64. The molecular formula is C20H20N4O7S. The van der Waals surface area contributed by atoms with Crippen LogP contribution >= 0.6 is 11.8 Å². The maximum absolute atomic E-state index is 12.7. The van der Waals surface area contributed by atoms with Crippen molar-refractivity contribution in [2.75, 3.05) is 14.2 Å². The van der Waals surface area contributed by atoms with E-state index in [2.05, 4.69) is 5.10 Å². The Balaban J connectivity index is 2.05. The molecule has 3 rings (SSSR count). The average molecular weight is 460 g/mol. The van der Waals surface area contributed by atoms with Gasteiger partial charge < -0.3 is 9.47 Å². The number of hydrogen-bond acceptors (Lipinski definition) is 9. The summed E-state index contributed by atoms with van der Waals surface area (Å²) in [5, 5.41) is 27.7. The fraction of sp³-hybridized carbons (Fsp3) is 0.300. The molecule has 0 aromatic heterocycles. The zero-order chi connectivity index (χ0) is 23.4. The highest BCUT2D eigenvalue weighted by molar-refractivity contribution is 8.14. The van der Waals surface area contributed by atoms with Gasteiger partial charge in [-0.25, -0.2) is 5.01 Å². The van der Waals surface area contributed by atoms with Crippen molar-refractivity contribution in [3.8, 4) is 11.5 Å². The first-order valence-corrected chi connectivity index (χ1v) is 10.4. The molecule has 1 aliphatic rings. The zero-order valence-electron chi connectivity index (χ0n) is 17.5. The molecule has 1 atom stereocenters. The van der Waals surface area contributed by atoms with Crippen molar-refractivity contribution in [3.05, 3.63) is 67.8 Å². The number of thioether (sulfide) groups is 1. The molecule has 11 nitrogen and oxygen atoms in total. The number of benzene rings is 2. The number of rotatable bonds is 8. The lowest BCUT2D eigenvalue weighted by molar-refractivity contribution is -0.423. The number of hydrazone groups is 1. The highest BCUT2D eigenvalue weighted by atomic mass is 32.2. The Bertz CT molecular complexity index is 1110. The Morgan fingerprint density at radius 1 is 1.09 bits per heavy atom. The van der Waals surface area contributed by atoms with Gasteiger partial charge in [-0.2, -0.15) is 5.10 Å². The third-order valence-corrected chi connectivity index (χ3v) is 6.09. The second kappa shape index (κ2) is 9.64. The largest absolute Gasteiger partial charge is 0.493 e. The minimum Gasteiger partial charge on any atom is -0.493 e. The third kappa shape index (κ3) is 4.49. The molecule has 2 aromatic rings.